The summed E-state index contributed by atoms with van der Waals surface area (Å²) in [6.07, 6.45) is 3.13. The third-order valence-electron chi connectivity index (χ3n) is 6.32. The lowest BCUT2D eigenvalue weighted by atomic mass is 9.77. The second kappa shape index (κ2) is 8.30. The zero-order chi connectivity index (χ0) is 21.1. The number of carbonyl (C=O) groups is 3. The van der Waals surface area contributed by atoms with Crippen molar-refractivity contribution < 1.29 is 14.4 Å². The van der Waals surface area contributed by atoms with E-state index in [1.54, 1.807) is 0 Å². The fourth-order valence-electron chi connectivity index (χ4n) is 4.47. The minimum Gasteiger partial charge on any atom is -0.322 e. The van der Waals surface area contributed by atoms with Crippen LogP contribution in [0.1, 0.15) is 56.1 Å². The maximum Gasteiger partial charge on any atom is 0.344 e. The van der Waals surface area contributed by atoms with Gasteiger partial charge in [0.05, 0.1) is 0 Å². The molecule has 6 nitrogen and oxygen atoms in total. The van der Waals surface area contributed by atoms with E-state index in [4.69, 9.17) is 0 Å². The number of urea groups is 1. The highest BCUT2D eigenvalue weighted by molar-refractivity contribution is 6.08. The van der Waals surface area contributed by atoms with E-state index in [0.717, 1.165) is 29.0 Å². The molecule has 6 heteroatoms. The Morgan fingerprint density at radius 3 is 2.10 bits per heavy atom. The van der Waals surface area contributed by atoms with Crippen LogP contribution in [-0.4, -0.2) is 28.4 Å². The summed E-state index contributed by atoms with van der Waals surface area (Å²) in [4.78, 5) is 38.4. The Bertz CT molecular complexity index is 882. The Kier molecular flexibility index (Phi) is 5.57. The van der Waals surface area contributed by atoms with Crippen LogP contribution in [0.4, 0.5) is 4.79 Å². The third kappa shape index (κ3) is 3.95. The monoisotopic (exact) mass is 405 g/mol. The predicted octanol–water partition coefficient (Wildman–Crippen LogP) is 3.74. The maximum atomic E-state index is 13.0. The fraction of sp³-hybridized carbons (Fsp3) is 0.375. The number of benzene rings is 2. The lowest BCUT2D eigenvalue weighted by Crippen LogP contribution is -2.51. The zero-order valence-corrected chi connectivity index (χ0v) is 17.1. The molecule has 1 saturated carbocycles. The van der Waals surface area contributed by atoms with Gasteiger partial charge in [-0.15, -0.1) is 0 Å². The molecule has 2 N–H and O–H groups in total. The van der Waals surface area contributed by atoms with E-state index in [1.807, 2.05) is 60.7 Å². The molecule has 0 aromatic heterocycles. The highest BCUT2D eigenvalue weighted by Gasteiger charge is 2.52. The number of rotatable bonds is 5. The molecule has 2 fully saturated rings. The number of nitrogens with one attached hydrogen (secondary N) is 2. The SMILES string of the molecule is CC1CCC2(CC1)NC(=O)N(NC(=O)CC(c1ccccc1)c1ccccc1)C2=O. The smallest absolute Gasteiger partial charge is 0.322 e. The van der Waals surface area contributed by atoms with Gasteiger partial charge in [-0.2, -0.15) is 5.01 Å². The molecule has 1 saturated heterocycles. The van der Waals surface area contributed by atoms with Crippen molar-refractivity contribution in [1.29, 1.82) is 0 Å². The van der Waals surface area contributed by atoms with Gasteiger partial charge in [0.25, 0.3) is 5.91 Å². The molecule has 0 unspecified atom stereocenters. The van der Waals surface area contributed by atoms with Crippen molar-refractivity contribution in [3.05, 3.63) is 71.8 Å². The van der Waals surface area contributed by atoms with Crippen LogP contribution in [0.5, 0.6) is 0 Å². The summed E-state index contributed by atoms with van der Waals surface area (Å²) in [6.45, 7) is 2.15. The molecule has 0 bridgehead atoms. The summed E-state index contributed by atoms with van der Waals surface area (Å²) in [5.41, 5.74) is 3.71. The van der Waals surface area contributed by atoms with Gasteiger partial charge in [0.1, 0.15) is 5.54 Å². The highest BCUT2D eigenvalue weighted by atomic mass is 16.2. The van der Waals surface area contributed by atoms with Crippen molar-refractivity contribution in [2.24, 2.45) is 5.92 Å². The van der Waals surface area contributed by atoms with Crippen LogP contribution < -0.4 is 10.7 Å². The summed E-state index contributed by atoms with van der Waals surface area (Å²) in [5.74, 6) is -0.333. The van der Waals surface area contributed by atoms with E-state index in [2.05, 4.69) is 17.7 Å². The molecule has 1 aliphatic heterocycles. The number of carbonyl (C=O) groups excluding carboxylic acids is 3. The number of nitrogens with zero attached hydrogens (tertiary/aromatic N) is 1. The number of amides is 4. The molecule has 0 radical (unpaired) electrons. The second-order valence-electron chi connectivity index (χ2n) is 8.45. The van der Waals surface area contributed by atoms with Crippen LogP contribution in [0.25, 0.3) is 0 Å². The van der Waals surface area contributed by atoms with Crippen molar-refractivity contribution in [3.63, 3.8) is 0 Å². The molecule has 2 aromatic rings. The summed E-state index contributed by atoms with van der Waals surface area (Å²) in [7, 11) is 0. The molecule has 4 rings (SSSR count). The number of hydrazine groups is 1. The molecule has 1 spiro atoms. The van der Waals surface area contributed by atoms with Crippen LogP contribution in [0.3, 0.4) is 0 Å². The Morgan fingerprint density at radius 2 is 1.57 bits per heavy atom. The summed E-state index contributed by atoms with van der Waals surface area (Å²) >= 11 is 0. The molecule has 0 atom stereocenters. The Labute approximate surface area is 176 Å². The van der Waals surface area contributed by atoms with Crippen LogP contribution in [0.15, 0.2) is 60.7 Å². The molecular formula is C24H27N3O3. The van der Waals surface area contributed by atoms with E-state index >= 15 is 0 Å². The topological polar surface area (TPSA) is 78.5 Å². The van der Waals surface area contributed by atoms with Gasteiger partial charge in [-0.25, -0.2) is 4.79 Å². The van der Waals surface area contributed by atoms with E-state index in [9.17, 15) is 14.4 Å². The van der Waals surface area contributed by atoms with Gasteiger partial charge in [0.15, 0.2) is 0 Å². The van der Waals surface area contributed by atoms with Gasteiger partial charge in [0, 0.05) is 12.3 Å². The van der Waals surface area contributed by atoms with Gasteiger partial charge in [-0.1, -0.05) is 67.6 Å². The minimum absolute atomic E-state index is 0.134. The maximum absolute atomic E-state index is 13.0. The van der Waals surface area contributed by atoms with E-state index in [1.165, 1.54) is 0 Å². The van der Waals surface area contributed by atoms with Crippen LogP contribution in [0, 0.1) is 5.92 Å². The minimum atomic E-state index is -0.866. The summed E-state index contributed by atoms with van der Waals surface area (Å²) < 4.78 is 0. The van der Waals surface area contributed by atoms with Crippen molar-refractivity contribution in [1.82, 2.24) is 15.8 Å². The van der Waals surface area contributed by atoms with Gasteiger partial charge in [-0.05, 0) is 42.7 Å². The largest absolute Gasteiger partial charge is 0.344 e. The van der Waals surface area contributed by atoms with Gasteiger partial charge in [0.2, 0.25) is 5.91 Å². The lowest BCUT2D eigenvalue weighted by Gasteiger charge is -2.33. The first kappa shape index (κ1) is 20.1. The number of hydrogen-bond acceptors (Lipinski definition) is 3. The highest BCUT2D eigenvalue weighted by Crippen LogP contribution is 2.36. The molecule has 4 amide bonds. The van der Waals surface area contributed by atoms with Crippen molar-refractivity contribution in [2.75, 3.05) is 0 Å². The molecular weight excluding hydrogens is 378 g/mol. The quantitative estimate of drug-likeness (QED) is 0.744. The first-order valence-electron chi connectivity index (χ1n) is 10.5. The molecule has 30 heavy (non-hydrogen) atoms. The van der Waals surface area contributed by atoms with Crippen LogP contribution >= 0.6 is 0 Å². The average molecular weight is 405 g/mol. The van der Waals surface area contributed by atoms with Gasteiger partial charge in [-0.3, -0.25) is 15.0 Å². The van der Waals surface area contributed by atoms with E-state index in [-0.39, 0.29) is 24.2 Å². The zero-order valence-electron chi connectivity index (χ0n) is 17.1. The number of imide groups is 1. The van der Waals surface area contributed by atoms with E-state index in [0.29, 0.717) is 18.8 Å². The van der Waals surface area contributed by atoms with Crippen LogP contribution in [-0.2, 0) is 9.59 Å². The lowest BCUT2D eigenvalue weighted by molar-refractivity contribution is -0.140. The Morgan fingerprint density at radius 1 is 1.03 bits per heavy atom. The first-order valence-corrected chi connectivity index (χ1v) is 10.5. The Hall–Kier alpha value is -3.15. The first-order chi connectivity index (χ1) is 14.5. The van der Waals surface area contributed by atoms with Gasteiger partial charge >= 0.3 is 6.03 Å². The molecule has 156 valence electrons. The van der Waals surface area contributed by atoms with Gasteiger partial charge < -0.3 is 5.32 Å². The Balaban J connectivity index is 1.49. The average Bonchev–Trinajstić information content (AvgIpc) is 2.99. The van der Waals surface area contributed by atoms with E-state index < -0.39 is 11.6 Å². The summed E-state index contributed by atoms with van der Waals surface area (Å²) in [5, 5.41) is 3.71. The molecule has 2 aliphatic rings. The predicted molar refractivity (Wildman–Crippen MR) is 113 cm³/mol. The van der Waals surface area contributed by atoms with Crippen LogP contribution in [0.2, 0.25) is 0 Å². The fourth-order valence-corrected chi connectivity index (χ4v) is 4.47. The normalized spacial score (nSPS) is 23.7. The second-order valence-corrected chi connectivity index (χ2v) is 8.45. The standard InChI is InChI=1S/C24H27N3O3/c1-17-12-14-24(15-13-17)22(29)27(23(30)25-24)26-21(28)16-20(18-8-4-2-5-9-18)19-10-6-3-7-11-19/h2-11,17,20H,12-16H2,1H3,(H,25,30)(H,26,28). The summed E-state index contributed by atoms with van der Waals surface area (Å²) in [6, 6.07) is 19.0. The van der Waals surface area contributed by atoms with Crippen molar-refractivity contribution >= 4 is 17.8 Å². The van der Waals surface area contributed by atoms with Crippen molar-refractivity contribution in [3.8, 4) is 0 Å². The molecule has 1 heterocycles. The molecule has 1 aliphatic carbocycles. The third-order valence-corrected chi connectivity index (χ3v) is 6.32. The molecule has 2 aromatic carbocycles. The van der Waals surface area contributed by atoms with Crippen molar-refractivity contribution in [2.45, 2.75) is 50.5 Å². The number of hydrogen-bond donors (Lipinski definition) is 2.